The van der Waals surface area contributed by atoms with Crippen molar-refractivity contribution in [3.63, 3.8) is 0 Å². The van der Waals surface area contributed by atoms with Gasteiger partial charge in [0.05, 0.1) is 11.9 Å². The molecule has 0 aromatic carbocycles. The van der Waals surface area contributed by atoms with Crippen LogP contribution < -0.4 is 5.56 Å². The van der Waals surface area contributed by atoms with E-state index in [1.807, 2.05) is 45.2 Å². The van der Waals surface area contributed by atoms with Crippen LogP contribution in [0.1, 0.15) is 53.4 Å². The lowest BCUT2D eigenvalue weighted by molar-refractivity contribution is -0.114. The zero-order chi connectivity index (χ0) is 24.5. The maximum atomic E-state index is 12.6. The second kappa shape index (κ2) is 12.2. The molecule has 1 saturated heterocycles. The zero-order valence-electron chi connectivity index (χ0n) is 20.6. The van der Waals surface area contributed by atoms with Gasteiger partial charge < -0.3 is 13.8 Å². The molecular weight excluding hydrogens is 414 g/mol. The monoisotopic (exact) mass is 451 g/mol. The van der Waals surface area contributed by atoms with E-state index in [0.29, 0.717) is 23.4 Å². The highest BCUT2D eigenvalue weighted by Gasteiger charge is 2.20. The molecule has 3 aromatic heterocycles. The summed E-state index contributed by atoms with van der Waals surface area (Å²) in [7, 11) is 1.77. The fourth-order valence-electron chi connectivity index (χ4n) is 3.78. The van der Waals surface area contributed by atoms with Crippen molar-refractivity contribution in [3.05, 3.63) is 52.4 Å². The summed E-state index contributed by atoms with van der Waals surface area (Å²) in [5, 5.41) is 0.623. The lowest BCUT2D eigenvalue weighted by Crippen LogP contribution is -2.32. The second-order valence-electron chi connectivity index (χ2n) is 8.23. The number of nitrogens with zero attached hydrogens (tertiary/aromatic N) is 3. The Bertz CT molecular complexity index is 1180. The van der Waals surface area contributed by atoms with E-state index in [1.54, 1.807) is 17.8 Å². The van der Waals surface area contributed by atoms with E-state index in [1.165, 1.54) is 13.8 Å². The average Bonchev–Trinajstić information content (AvgIpc) is 3.22. The molecule has 0 unspecified atom stereocenters. The van der Waals surface area contributed by atoms with Crippen molar-refractivity contribution < 1.29 is 10.6 Å². The Hall–Kier alpha value is -3.17. The lowest BCUT2D eigenvalue weighted by Gasteiger charge is -2.28. The summed E-state index contributed by atoms with van der Waals surface area (Å²) in [5.41, 5.74) is 3.45. The molecule has 3 aromatic rings. The summed E-state index contributed by atoms with van der Waals surface area (Å²) in [6, 6.07) is 5.84. The first-order chi connectivity index (χ1) is 15.8. The number of Topliss-reactive ketones (excluding diaryl/α,β-unsaturated/α-hetero) is 1. The molecule has 0 aliphatic carbocycles. The van der Waals surface area contributed by atoms with Crippen LogP contribution in [0, 0.1) is 25.2 Å². The number of ketones is 1. The van der Waals surface area contributed by atoms with Crippen LogP contribution in [0.5, 0.6) is 0 Å². The molecule has 4 heterocycles. The summed E-state index contributed by atoms with van der Waals surface area (Å²) in [6.07, 6.45) is 11.2. The van der Waals surface area contributed by atoms with Gasteiger partial charge in [0.2, 0.25) is 0 Å². The van der Waals surface area contributed by atoms with Crippen molar-refractivity contribution in [2.45, 2.75) is 54.0 Å². The zero-order valence-corrected chi connectivity index (χ0v) is 20.6. The average molecular weight is 452 g/mol. The molecule has 6 heteroatoms. The van der Waals surface area contributed by atoms with Gasteiger partial charge in [0, 0.05) is 38.0 Å². The predicted octanol–water partition coefficient (Wildman–Crippen LogP) is 5.21. The lowest BCUT2D eigenvalue weighted by atomic mass is 9.98. The van der Waals surface area contributed by atoms with Crippen LogP contribution in [0.3, 0.4) is 0 Å². The number of aromatic nitrogens is 2. The molecule has 0 radical (unpaired) electrons. The molecule has 4 rings (SSSR count). The third-order valence-corrected chi connectivity index (χ3v) is 5.31. The standard InChI is InChI=1S/C22H23N3O2.C3H6O.C2H6.H2/c1-4-16-6-9-25(10-7-16)13-18-12-19-21(27-18)20(14-24(3)22(19)26)17-5-8-23-15(2)11-17;1-3(2)4;1-2;/h1,5,8,11-12,14,16H,6-7,9-10,13H2,2-3H3;1-2H3;1-2H3;1H. The summed E-state index contributed by atoms with van der Waals surface area (Å²) in [6.45, 7) is 11.6. The maximum absolute atomic E-state index is 12.6. The quantitative estimate of drug-likeness (QED) is 0.511. The van der Waals surface area contributed by atoms with Crippen LogP contribution in [0.25, 0.3) is 22.1 Å². The first kappa shape index (κ1) is 26.1. The minimum absolute atomic E-state index is 0. The molecule has 6 nitrogen and oxygen atoms in total. The number of furan rings is 1. The molecule has 178 valence electrons. The van der Waals surface area contributed by atoms with Gasteiger partial charge in [0.1, 0.15) is 17.1 Å². The minimum atomic E-state index is -0.0411. The number of pyridine rings is 2. The Morgan fingerprint density at radius 1 is 1.27 bits per heavy atom. The number of piperidine rings is 1. The van der Waals surface area contributed by atoms with Gasteiger partial charge in [-0.3, -0.25) is 14.7 Å². The van der Waals surface area contributed by atoms with E-state index < -0.39 is 0 Å². The highest BCUT2D eigenvalue weighted by atomic mass is 16.3. The van der Waals surface area contributed by atoms with Gasteiger partial charge in [-0.05, 0) is 70.5 Å². The van der Waals surface area contributed by atoms with Gasteiger partial charge in [0.25, 0.3) is 5.56 Å². The minimum Gasteiger partial charge on any atom is -0.459 e. The predicted molar refractivity (Wildman–Crippen MR) is 136 cm³/mol. The van der Waals surface area contributed by atoms with Crippen LogP contribution in [-0.4, -0.2) is 33.3 Å². The van der Waals surface area contributed by atoms with Crippen molar-refractivity contribution in [2.24, 2.45) is 13.0 Å². The molecule has 1 fully saturated rings. The molecule has 0 saturated carbocycles. The Morgan fingerprint density at radius 3 is 2.48 bits per heavy atom. The fraction of sp³-hybridized carbons (Fsp3) is 0.444. The van der Waals surface area contributed by atoms with E-state index in [2.05, 4.69) is 15.8 Å². The molecule has 0 N–H and O–H groups in total. The molecule has 0 atom stereocenters. The van der Waals surface area contributed by atoms with Crippen molar-refractivity contribution >= 4 is 16.8 Å². The largest absolute Gasteiger partial charge is 0.459 e. The number of carbonyl (C=O) groups is 1. The number of fused-ring (bicyclic) bond motifs is 1. The number of carbonyl (C=O) groups excluding carboxylic acids is 1. The van der Waals surface area contributed by atoms with Gasteiger partial charge in [-0.2, -0.15) is 0 Å². The van der Waals surface area contributed by atoms with Crippen molar-refractivity contribution in [2.75, 3.05) is 13.1 Å². The fourth-order valence-corrected chi connectivity index (χ4v) is 3.78. The summed E-state index contributed by atoms with van der Waals surface area (Å²) >= 11 is 0. The molecule has 0 amide bonds. The molecule has 0 spiro atoms. The number of hydrogen-bond acceptors (Lipinski definition) is 5. The summed E-state index contributed by atoms with van der Waals surface area (Å²) in [5.74, 6) is 4.22. The molecule has 33 heavy (non-hydrogen) atoms. The van der Waals surface area contributed by atoms with Crippen molar-refractivity contribution in [3.8, 4) is 23.5 Å². The molecular formula is C27H37N3O3. The van der Waals surface area contributed by atoms with Gasteiger partial charge in [-0.25, -0.2) is 0 Å². The topological polar surface area (TPSA) is 68.3 Å². The van der Waals surface area contributed by atoms with Crippen molar-refractivity contribution in [1.82, 2.24) is 14.5 Å². The van der Waals surface area contributed by atoms with Crippen LogP contribution in [-0.2, 0) is 18.4 Å². The normalized spacial score (nSPS) is 14.0. The van der Waals surface area contributed by atoms with Crippen LogP contribution in [0.15, 0.2) is 39.8 Å². The van der Waals surface area contributed by atoms with Crippen LogP contribution in [0.4, 0.5) is 0 Å². The highest BCUT2D eigenvalue weighted by Crippen LogP contribution is 2.30. The van der Waals surface area contributed by atoms with Crippen LogP contribution in [0.2, 0.25) is 0 Å². The smallest absolute Gasteiger partial charge is 0.261 e. The second-order valence-corrected chi connectivity index (χ2v) is 8.23. The van der Waals surface area contributed by atoms with E-state index in [-0.39, 0.29) is 12.8 Å². The van der Waals surface area contributed by atoms with E-state index in [0.717, 1.165) is 48.5 Å². The van der Waals surface area contributed by atoms with Gasteiger partial charge in [0.15, 0.2) is 0 Å². The van der Waals surface area contributed by atoms with E-state index >= 15 is 0 Å². The third-order valence-electron chi connectivity index (χ3n) is 5.31. The SMILES string of the molecule is C#CC1CCN(Cc2cc3c(=O)n(C)cc(-c4ccnc(C)c4)c3o2)CC1.CC.CC(C)=O.[HH]. The van der Waals surface area contributed by atoms with Crippen molar-refractivity contribution in [1.29, 1.82) is 0 Å². The number of aryl methyl sites for hydroxylation is 2. The number of likely N-dealkylation sites (tertiary alicyclic amines) is 1. The number of rotatable bonds is 3. The van der Waals surface area contributed by atoms with Gasteiger partial charge in [-0.15, -0.1) is 12.3 Å². The first-order valence-electron chi connectivity index (χ1n) is 11.5. The molecule has 1 aliphatic rings. The highest BCUT2D eigenvalue weighted by molar-refractivity contribution is 5.91. The van der Waals surface area contributed by atoms with Crippen LogP contribution >= 0.6 is 0 Å². The maximum Gasteiger partial charge on any atom is 0.261 e. The third kappa shape index (κ3) is 6.90. The number of terminal acetylenes is 1. The van der Waals surface area contributed by atoms with E-state index in [4.69, 9.17) is 10.8 Å². The summed E-state index contributed by atoms with van der Waals surface area (Å²) in [4.78, 5) is 28.7. The molecule has 1 aliphatic heterocycles. The Balaban J connectivity index is 0.000000751. The molecule has 0 bridgehead atoms. The van der Waals surface area contributed by atoms with E-state index in [9.17, 15) is 9.59 Å². The Labute approximate surface area is 198 Å². The number of hydrogen-bond donors (Lipinski definition) is 0. The van der Waals surface area contributed by atoms with Gasteiger partial charge in [-0.1, -0.05) is 13.8 Å². The van der Waals surface area contributed by atoms with Gasteiger partial charge >= 0.3 is 0 Å². The Kier molecular flexibility index (Phi) is 9.62. The Morgan fingerprint density at radius 2 is 1.91 bits per heavy atom. The summed E-state index contributed by atoms with van der Waals surface area (Å²) < 4.78 is 7.79. The first-order valence-corrected chi connectivity index (χ1v) is 11.5.